The van der Waals surface area contributed by atoms with Crippen molar-refractivity contribution in [2.24, 2.45) is 5.92 Å². The summed E-state index contributed by atoms with van der Waals surface area (Å²) in [5.74, 6) is 0.890. The highest BCUT2D eigenvalue weighted by molar-refractivity contribution is 5.93. The Balaban J connectivity index is 1.55. The third-order valence-corrected chi connectivity index (χ3v) is 5.52. The van der Waals surface area contributed by atoms with Crippen LogP contribution in [0.25, 0.3) is 0 Å². The monoisotopic (exact) mass is 387 g/mol. The Morgan fingerprint density at radius 3 is 3.00 bits per heavy atom. The van der Waals surface area contributed by atoms with Gasteiger partial charge in [0, 0.05) is 32.6 Å². The van der Waals surface area contributed by atoms with E-state index in [0.29, 0.717) is 30.3 Å². The maximum Gasteiger partial charge on any atom is 0.276 e. The molecule has 2 aromatic rings. The van der Waals surface area contributed by atoms with Gasteiger partial charge in [0.25, 0.3) is 5.91 Å². The number of benzene rings is 1. The number of likely N-dealkylation sites (tertiary alicyclic amines) is 1. The highest BCUT2D eigenvalue weighted by atomic mass is 19.1. The number of aryl methyl sites for hydroxylation is 1. The number of hydrogen-bond donors (Lipinski definition) is 0. The molecule has 1 saturated heterocycles. The number of nitrogens with zero attached hydrogens (tertiary/aromatic N) is 3. The number of piperidine rings is 1. The molecule has 0 unspecified atom stereocenters. The van der Waals surface area contributed by atoms with Crippen molar-refractivity contribution in [2.75, 3.05) is 32.7 Å². The molecule has 1 aliphatic rings. The van der Waals surface area contributed by atoms with Crippen LogP contribution in [0.15, 0.2) is 35.1 Å². The smallest absolute Gasteiger partial charge is 0.276 e. The standard InChI is InChI=1S/C22H30FN3O2/c1-3-20-21(24-16-28-20)22(27)26(4-2)15-18-8-6-11-25(14-18)12-10-17-7-5-9-19(23)13-17/h5,7,9,13,16,18H,3-4,6,8,10-12,14-15H2,1-2H3/t18-/m0/s1. The van der Waals surface area contributed by atoms with Crippen LogP contribution in [0.4, 0.5) is 4.39 Å². The van der Waals surface area contributed by atoms with Gasteiger partial charge in [0.05, 0.1) is 0 Å². The van der Waals surface area contributed by atoms with Gasteiger partial charge in [-0.15, -0.1) is 0 Å². The Bertz CT molecular complexity index is 777. The van der Waals surface area contributed by atoms with Crippen molar-refractivity contribution in [3.8, 4) is 0 Å². The predicted octanol–water partition coefficient (Wildman–Crippen LogP) is 3.79. The van der Waals surface area contributed by atoms with Crippen LogP contribution in [0, 0.1) is 11.7 Å². The van der Waals surface area contributed by atoms with Gasteiger partial charge in [0.1, 0.15) is 11.6 Å². The maximum absolute atomic E-state index is 13.4. The molecule has 1 aromatic heterocycles. The average Bonchev–Trinajstić information content (AvgIpc) is 3.19. The summed E-state index contributed by atoms with van der Waals surface area (Å²) in [6, 6.07) is 6.84. The van der Waals surface area contributed by atoms with E-state index in [1.54, 1.807) is 12.1 Å². The quantitative estimate of drug-likeness (QED) is 0.691. The van der Waals surface area contributed by atoms with E-state index < -0.39 is 0 Å². The SMILES string of the molecule is CCc1ocnc1C(=O)N(CC)C[C@H]1CCCN(CCc2cccc(F)c2)C1. The lowest BCUT2D eigenvalue weighted by Crippen LogP contribution is -2.43. The minimum Gasteiger partial charge on any atom is -0.448 e. The van der Waals surface area contributed by atoms with Crippen LogP contribution in [0.2, 0.25) is 0 Å². The Labute approximate surface area is 166 Å². The first-order valence-corrected chi connectivity index (χ1v) is 10.3. The molecule has 1 amide bonds. The Morgan fingerprint density at radius 2 is 2.25 bits per heavy atom. The van der Waals surface area contributed by atoms with Crippen LogP contribution < -0.4 is 0 Å². The minimum absolute atomic E-state index is 0.0371. The molecule has 3 rings (SSSR count). The van der Waals surface area contributed by atoms with Gasteiger partial charge in [0.15, 0.2) is 12.1 Å². The van der Waals surface area contributed by atoms with Gasteiger partial charge in [0.2, 0.25) is 0 Å². The zero-order valence-electron chi connectivity index (χ0n) is 16.9. The number of hydrogen-bond acceptors (Lipinski definition) is 4. The largest absolute Gasteiger partial charge is 0.448 e. The van der Waals surface area contributed by atoms with E-state index in [1.165, 1.54) is 12.5 Å². The number of halogens is 1. The Kier molecular flexibility index (Phi) is 7.20. The van der Waals surface area contributed by atoms with E-state index in [9.17, 15) is 9.18 Å². The van der Waals surface area contributed by atoms with Crippen LogP contribution in [0.1, 0.15) is 48.5 Å². The van der Waals surface area contributed by atoms with Gasteiger partial charge in [-0.1, -0.05) is 19.1 Å². The summed E-state index contributed by atoms with van der Waals surface area (Å²) >= 11 is 0. The first-order chi connectivity index (χ1) is 13.6. The van der Waals surface area contributed by atoms with Gasteiger partial charge in [-0.05, 0) is 56.3 Å². The van der Waals surface area contributed by atoms with Gasteiger partial charge in [-0.2, -0.15) is 0 Å². The summed E-state index contributed by atoms with van der Waals surface area (Å²) in [7, 11) is 0. The van der Waals surface area contributed by atoms with E-state index in [1.807, 2.05) is 24.8 Å². The molecule has 152 valence electrons. The van der Waals surface area contributed by atoms with Gasteiger partial charge in [-0.25, -0.2) is 9.37 Å². The molecule has 1 aromatic carbocycles. The number of rotatable bonds is 8. The molecule has 28 heavy (non-hydrogen) atoms. The third kappa shape index (κ3) is 5.19. The van der Waals surface area contributed by atoms with Crippen molar-refractivity contribution >= 4 is 5.91 Å². The molecular formula is C22H30FN3O2. The average molecular weight is 387 g/mol. The third-order valence-electron chi connectivity index (χ3n) is 5.52. The molecule has 6 heteroatoms. The van der Waals surface area contributed by atoms with E-state index >= 15 is 0 Å². The number of amides is 1. The topological polar surface area (TPSA) is 49.6 Å². The molecule has 0 N–H and O–H groups in total. The van der Waals surface area contributed by atoms with Gasteiger partial charge < -0.3 is 14.2 Å². The lowest BCUT2D eigenvalue weighted by molar-refractivity contribution is 0.0683. The lowest BCUT2D eigenvalue weighted by Gasteiger charge is -2.35. The van der Waals surface area contributed by atoms with Crippen molar-refractivity contribution in [1.82, 2.24) is 14.8 Å². The molecule has 1 aliphatic heterocycles. The Morgan fingerprint density at radius 1 is 1.39 bits per heavy atom. The molecule has 0 radical (unpaired) electrons. The van der Waals surface area contributed by atoms with Crippen LogP contribution >= 0.6 is 0 Å². The van der Waals surface area contributed by atoms with Crippen LogP contribution in [-0.4, -0.2) is 53.4 Å². The summed E-state index contributed by atoms with van der Waals surface area (Å²) in [6.07, 6.45) is 5.12. The molecule has 0 aliphatic carbocycles. The van der Waals surface area contributed by atoms with E-state index in [4.69, 9.17) is 4.42 Å². The second-order valence-corrected chi connectivity index (χ2v) is 7.51. The van der Waals surface area contributed by atoms with Gasteiger partial charge >= 0.3 is 0 Å². The van der Waals surface area contributed by atoms with Crippen LogP contribution in [0.5, 0.6) is 0 Å². The number of carbonyl (C=O) groups excluding carboxylic acids is 1. The van der Waals surface area contributed by atoms with Crippen molar-refractivity contribution in [3.05, 3.63) is 53.5 Å². The fourth-order valence-electron chi connectivity index (χ4n) is 4.00. The summed E-state index contributed by atoms with van der Waals surface area (Å²) in [4.78, 5) is 21.3. The van der Waals surface area contributed by atoms with E-state index in [2.05, 4.69) is 9.88 Å². The molecule has 0 spiro atoms. The first kappa shape index (κ1) is 20.5. The van der Waals surface area contributed by atoms with Crippen LogP contribution in [0.3, 0.4) is 0 Å². The fraction of sp³-hybridized carbons (Fsp3) is 0.545. The van der Waals surface area contributed by atoms with Crippen molar-refractivity contribution in [1.29, 1.82) is 0 Å². The van der Waals surface area contributed by atoms with E-state index in [0.717, 1.165) is 51.0 Å². The minimum atomic E-state index is -0.176. The van der Waals surface area contributed by atoms with Crippen molar-refractivity contribution in [3.63, 3.8) is 0 Å². The van der Waals surface area contributed by atoms with Crippen LogP contribution in [-0.2, 0) is 12.8 Å². The molecule has 2 heterocycles. The zero-order chi connectivity index (χ0) is 19.9. The highest BCUT2D eigenvalue weighted by Crippen LogP contribution is 2.20. The van der Waals surface area contributed by atoms with Gasteiger partial charge in [-0.3, -0.25) is 4.79 Å². The number of aromatic nitrogens is 1. The zero-order valence-corrected chi connectivity index (χ0v) is 16.9. The van der Waals surface area contributed by atoms with Crippen molar-refractivity contribution < 1.29 is 13.6 Å². The molecule has 1 fully saturated rings. The van der Waals surface area contributed by atoms with Crippen molar-refractivity contribution in [2.45, 2.75) is 39.5 Å². The first-order valence-electron chi connectivity index (χ1n) is 10.3. The summed E-state index contributed by atoms with van der Waals surface area (Å²) in [5, 5.41) is 0. The number of oxazole rings is 1. The lowest BCUT2D eigenvalue weighted by atomic mass is 9.96. The normalized spacial score (nSPS) is 17.6. The maximum atomic E-state index is 13.4. The predicted molar refractivity (Wildman–Crippen MR) is 107 cm³/mol. The molecule has 0 bridgehead atoms. The molecule has 1 atom stereocenters. The summed E-state index contributed by atoms with van der Waals surface area (Å²) in [6.45, 7) is 8.33. The van der Waals surface area contributed by atoms with E-state index in [-0.39, 0.29) is 11.7 Å². The molecule has 0 saturated carbocycles. The Hall–Kier alpha value is -2.21. The second kappa shape index (κ2) is 9.82. The summed E-state index contributed by atoms with van der Waals surface area (Å²) in [5.41, 5.74) is 1.48. The fourth-order valence-corrected chi connectivity index (χ4v) is 4.00. The number of carbonyl (C=O) groups is 1. The summed E-state index contributed by atoms with van der Waals surface area (Å²) < 4.78 is 18.7. The highest BCUT2D eigenvalue weighted by Gasteiger charge is 2.26. The molecular weight excluding hydrogens is 357 g/mol. The molecule has 5 nitrogen and oxygen atoms in total. The second-order valence-electron chi connectivity index (χ2n) is 7.51.